The molecule has 6 nitrogen and oxygen atoms in total. The van der Waals surface area contributed by atoms with E-state index in [1.807, 2.05) is 35.4 Å². The average molecular weight is 385 g/mol. The Balaban J connectivity index is 1.71. The van der Waals surface area contributed by atoms with Crippen LogP contribution in [0.5, 0.6) is 0 Å². The number of nitrogens with one attached hydrogen (secondary N) is 3. The number of fused-ring (bicyclic) bond motifs is 1. The molecule has 3 rings (SSSR count). The molecule has 3 N–H and O–H groups in total. The van der Waals surface area contributed by atoms with E-state index in [0.29, 0.717) is 18.9 Å². The molecule has 0 saturated carbocycles. The number of aromatic nitrogens is 1. The quantitative estimate of drug-likeness (QED) is 0.684. The molecule has 1 atom stereocenters. The minimum Gasteiger partial charge on any atom is -0.361 e. The highest BCUT2D eigenvalue weighted by Crippen LogP contribution is 2.20. The lowest BCUT2D eigenvalue weighted by Gasteiger charge is -2.30. The first-order valence-corrected chi connectivity index (χ1v) is 10.4. The lowest BCUT2D eigenvalue weighted by Crippen LogP contribution is -2.53. The molecule has 1 aromatic carbocycles. The average Bonchev–Trinajstić information content (AvgIpc) is 3.10. The lowest BCUT2D eigenvalue weighted by molar-refractivity contribution is -0.134. The molecular weight excluding hydrogens is 352 g/mol. The SMILES string of the molecule is CC(C)CCNC(=O)N[C@@H](Cc1c[nH]c2ccccc12)C(=O)N1CCCCC1. The van der Waals surface area contributed by atoms with E-state index in [0.717, 1.165) is 48.8 Å². The van der Waals surface area contributed by atoms with Crippen molar-refractivity contribution < 1.29 is 9.59 Å². The topological polar surface area (TPSA) is 77.2 Å². The first kappa shape index (κ1) is 20.2. The number of aromatic amines is 1. The molecule has 0 bridgehead atoms. The molecule has 0 aliphatic carbocycles. The summed E-state index contributed by atoms with van der Waals surface area (Å²) in [6, 6.07) is 7.22. The van der Waals surface area contributed by atoms with Gasteiger partial charge in [0.25, 0.3) is 0 Å². The third-order valence-corrected chi connectivity index (χ3v) is 5.38. The molecule has 1 aromatic heterocycles. The number of nitrogens with zero attached hydrogens (tertiary/aromatic N) is 1. The minimum atomic E-state index is -0.559. The molecule has 0 radical (unpaired) electrons. The first-order chi connectivity index (χ1) is 13.5. The summed E-state index contributed by atoms with van der Waals surface area (Å²) in [5, 5.41) is 6.92. The van der Waals surface area contributed by atoms with Crippen molar-refractivity contribution in [3.63, 3.8) is 0 Å². The number of hydrogen-bond acceptors (Lipinski definition) is 2. The monoisotopic (exact) mass is 384 g/mol. The van der Waals surface area contributed by atoms with Crippen LogP contribution in [0.1, 0.15) is 45.1 Å². The van der Waals surface area contributed by atoms with E-state index in [9.17, 15) is 9.59 Å². The summed E-state index contributed by atoms with van der Waals surface area (Å²) in [5.74, 6) is 0.543. The van der Waals surface area contributed by atoms with Crippen molar-refractivity contribution in [1.82, 2.24) is 20.5 Å². The number of carbonyl (C=O) groups is 2. The smallest absolute Gasteiger partial charge is 0.315 e. The van der Waals surface area contributed by atoms with Crippen LogP contribution in [-0.4, -0.2) is 47.5 Å². The third kappa shape index (κ3) is 5.27. The van der Waals surface area contributed by atoms with Gasteiger partial charge in [-0.05, 0) is 43.2 Å². The van der Waals surface area contributed by atoms with Crippen molar-refractivity contribution in [2.75, 3.05) is 19.6 Å². The van der Waals surface area contributed by atoms with Crippen molar-refractivity contribution in [2.24, 2.45) is 5.92 Å². The van der Waals surface area contributed by atoms with Crippen LogP contribution in [0.25, 0.3) is 10.9 Å². The molecule has 152 valence electrons. The third-order valence-electron chi connectivity index (χ3n) is 5.38. The number of urea groups is 1. The molecular formula is C22H32N4O2. The second-order valence-electron chi connectivity index (χ2n) is 8.08. The molecule has 28 heavy (non-hydrogen) atoms. The van der Waals surface area contributed by atoms with Crippen LogP contribution in [0.3, 0.4) is 0 Å². The van der Waals surface area contributed by atoms with Crippen molar-refractivity contribution in [3.8, 4) is 0 Å². The molecule has 0 spiro atoms. The number of benzene rings is 1. The molecule has 1 aliphatic rings. The Kier molecular flexibility index (Phi) is 6.95. The number of carbonyl (C=O) groups excluding carboxylic acids is 2. The molecule has 2 aromatic rings. The summed E-state index contributed by atoms with van der Waals surface area (Å²) < 4.78 is 0. The predicted molar refractivity (Wildman–Crippen MR) is 112 cm³/mol. The van der Waals surface area contributed by atoms with Crippen LogP contribution in [0.2, 0.25) is 0 Å². The van der Waals surface area contributed by atoms with E-state index in [-0.39, 0.29) is 11.9 Å². The van der Waals surface area contributed by atoms with Crippen LogP contribution >= 0.6 is 0 Å². The zero-order valence-electron chi connectivity index (χ0n) is 17.0. The Morgan fingerprint density at radius 3 is 2.64 bits per heavy atom. The van der Waals surface area contributed by atoms with E-state index in [1.54, 1.807) is 0 Å². The van der Waals surface area contributed by atoms with Gasteiger partial charge in [-0.1, -0.05) is 32.0 Å². The maximum absolute atomic E-state index is 13.2. The Morgan fingerprint density at radius 2 is 1.89 bits per heavy atom. The van der Waals surface area contributed by atoms with E-state index in [4.69, 9.17) is 0 Å². The Hall–Kier alpha value is -2.50. The van der Waals surface area contributed by atoms with Gasteiger partial charge in [-0.25, -0.2) is 4.79 Å². The van der Waals surface area contributed by atoms with E-state index in [2.05, 4.69) is 29.5 Å². The molecule has 6 heteroatoms. The number of piperidine rings is 1. The number of para-hydroxylation sites is 1. The first-order valence-electron chi connectivity index (χ1n) is 10.4. The fourth-order valence-corrected chi connectivity index (χ4v) is 3.74. The number of H-pyrrole nitrogens is 1. The standard InChI is InChI=1S/C22H32N4O2/c1-16(2)10-11-23-22(28)25-20(21(27)26-12-6-3-7-13-26)14-17-15-24-19-9-5-4-8-18(17)19/h4-5,8-9,15-16,20,24H,3,6-7,10-14H2,1-2H3,(H2,23,25,28)/t20-/m0/s1. The summed E-state index contributed by atoms with van der Waals surface area (Å²) in [4.78, 5) is 30.7. The second-order valence-corrected chi connectivity index (χ2v) is 8.08. The largest absolute Gasteiger partial charge is 0.361 e. The molecule has 0 unspecified atom stereocenters. The maximum Gasteiger partial charge on any atom is 0.315 e. The van der Waals surface area contributed by atoms with Crippen molar-refractivity contribution in [1.29, 1.82) is 0 Å². The van der Waals surface area contributed by atoms with Gasteiger partial charge in [0.05, 0.1) is 0 Å². The number of rotatable bonds is 7. The van der Waals surface area contributed by atoms with Crippen molar-refractivity contribution >= 4 is 22.8 Å². The van der Waals surface area contributed by atoms with Gasteiger partial charge >= 0.3 is 6.03 Å². The molecule has 1 fully saturated rings. The van der Waals surface area contributed by atoms with Gasteiger partial charge in [-0.15, -0.1) is 0 Å². The summed E-state index contributed by atoms with van der Waals surface area (Å²) in [5.41, 5.74) is 2.09. The van der Waals surface area contributed by atoms with Crippen LogP contribution in [0.15, 0.2) is 30.5 Å². The van der Waals surface area contributed by atoms with Gasteiger partial charge in [-0.3, -0.25) is 4.79 Å². The highest BCUT2D eigenvalue weighted by Gasteiger charge is 2.28. The van der Waals surface area contributed by atoms with Gasteiger partial charge in [0.15, 0.2) is 0 Å². The zero-order valence-corrected chi connectivity index (χ0v) is 17.0. The Bertz CT molecular complexity index is 793. The highest BCUT2D eigenvalue weighted by molar-refractivity contribution is 5.89. The highest BCUT2D eigenvalue weighted by atomic mass is 16.2. The van der Waals surface area contributed by atoms with Gasteiger partial charge in [0, 0.05) is 43.2 Å². The van der Waals surface area contributed by atoms with Gasteiger partial charge in [-0.2, -0.15) is 0 Å². The van der Waals surface area contributed by atoms with Crippen LogP contribution in [-0.2, 0) is 11.2 Å². The Morgan fingerprint density at radius 1 is 1.14 bits per heavy atom. The fourth-order valence-electron chi connectivity index (χ4n) is 3.74. The van der Waals surface area contributed by atoms with Crippen molar-refractivity contribution in [3.05, 3.63) is 36.0 Å². The summed E-state index contributed by atoms with van der Waals surface area (Å²) in [7, 11) is 0. The van der Waals surface area contributed by atoms with E-state index >= 15 is 0 Å². The van der Waals surface area contributed by atoms with Gasteiger partial charge in [0.2, 0.25) is 5.91 Å². The van der Waals surface area contributed by atoms with E-state index < -0.39 is 6.04 Å². The second kappa shape index (κ2) is 9.62. The maximum atomic E-state index is 13.2. The van der Waals surface area contributed by atoms with Crippen molar-refractivity contribution in [2.45, 2.75) is 52.0 Å². The fraction of sp³-hybridized carbons (Fsp3) is 0.545. The number of amides is 3. The van der Waals surface area contributed by atoms with Crippen LogP contribution in [0.4, 0.5) is 4.79 Å². The molecule has 3 amide bonds. The Labute approximate surface area is 167 Å². The number of likely N-dealkylation sites (tertiary alicyclic amines) is 1. The molecule has 2 heterocycles. The summed E-state index contributed by atoms with van der Waals surface area (Å²) in [6.45, 7) is 6.42. The minimum absolute atomic E-state index is 0.0176. The van der Waals surface area contributed by atoms with Gasteiger partial charge in [0.1, 0.15) is 6.04 Å². The molecule has 1 saturated heterocycles. The molecule has 1 aliphatic heterocycles. The number of hydrogen-bond donors (Lipinski definition) is 3. The summed E-state index contributed by atoms with van der Waals surface area (Å²) >= 11 is 0. The normalized spacial score (nSPS) is 15.6. The lowest BCUT2D eigenvalue weighted by atomic mass is 10.0. The van der Waals surface area contributed by atoms with Crippen LogP contribution in [0, 0.1) is 5.92 Å². The van der Waals surface area contributed by atoms with E-state index in [1.165, 1.54) is 6.42 Å². The zero-order chi connectivity index (χ0) is 19.9. The van der Waals surface area contributed by atoms with Crippen LogP contribution < -0.4 is 10.6 Å². The summed E-state index contributed by atoms with van der Waals surface area (Å²) in [6.07, 6.45) is 6.58. The predicted octanol–water partition coefficient (Wildman–Crippen LogP) is 3.44. The van der Waals surface area contributed by atoms with Gasteiger partial charge < -0.3 is 20.5 Å².